The quantitative estimate of drug-likeness (QED) is 0.739. The summed E-state index contributed by atoms with van der Waals surface area (Å²) in [5, 5.41) is 3.94. The Labute approximate surface area is 122 Å². The zero-order chi connectivity index (χ0) is 14.7. The highest BCUT2D eigenvalue weighted by atomic mass is 16.5. The van der Waals surface area contributed by atoms with E-state index in [4.69, 9.17) is 10.3 Å². The Morgan fingerprint density at radius 1 is 1.19 bits per heavy atom. The van der Waals surface area contributed by atoms with Crippen molar-refractivity contribution in [3.63, 3.8) is 0 Å². The van der Waals surface area contributed by atoms with Gasteiger partial charge in [-0.25, -0.2) is 4.98 Å². The van der Waals surface area contributed by atoms with Gasteiger partial charge in [0.15, 0.2) is 0 Å². The molecule has 0 aliphatic heterocycles. The number of hydrogen-bond acceptors (Lipinski definition) is 6. The lowest BCUT2D eigenvalue weighted by Crippen LogP contribution is -1.99. The van der Waals surface area contributed by atoms with Crippen molar-refractivity contribution in [2.75, 3.05) is 5.73 Å². The highest BCUT2D eigenvalue weighted by molar-refractivity contribution is 5.45. The molecule has 0 radical (unpaired) electrons. The molecular formula is C15H15N5O. The predicted octanol–water partition coefficient (Wildman–Crippen LogP) is 2.46. The Morgan fingerprint density at radius 3 is 2.71 bits per heavy atom. The number of hydrogen-bond donors (Lipinski definition) is 1. The van der Waals surface area contributed by atoms with E-state index in [9.17, 15) is 0 Å². The van der Waals surface area contributed by atoms with Crippen molar-refractivity contribution < 1.29 is 4.52 Å². The summed E-state index contributed by atoms with van der Waals surface area (Å²) < 4.78 is 5.28. The normalized spacial score (nSPS) is 12.2. The third-order valence-electron chi connectivity index (χ3n) is 3.25. The van der Waals surface area contributed by atoms with Crippen molar-refractivity contribution in [1.29, 1.82) is 0 Å². The molecule has 0 fully saturated rings. The summed E-state index contributed by atoms with van der Waals surface area (Å²) in [6.07, 6.45) is 5.48. The van der Waals surface area contributed by atoms with Crippen LogP contribution >= 0.6 is 0 Å². The Bertz CT molecular complexity index is 708. The molecule has 1 unspecified atom stereocenters. The Balaban J connectivity index is 1.74. The van der Waals surface area contributed by atoms with E-state index in [1.165, 1.54) is 5.56 Å². The number of anilines is 1. The maximum Gasteiger partial charge on any atom is 0.227 e. The monoisotopic (exact) mass is 281 g/mol. The van der Waals surface area contributed by atoms with Crippen LogP contribution in [0.5, 0.6) is 0 Å². The molecule has 0 aliphatic carbocycles. The van der Waals surface area contributed by atoms with Crippen LogP contribution in [0.1, 0.15) is 24.3 Å². The second-order valence-electron chi connectivity index (χ2n) is 4.87. The zero-order valence-corrected chi connectivity index (χ0v) is 11.6. The SMILES string of the molecule is CC(Cc1nc(-c2cnccn2)no1)c1ccc(N)cc1. The molecule has 2 heterocycles. The zero-order valence-electron chi connectivity index (χ0n) is 11.6. The molecule has 6 heteroatoms. The van der Waals surface area contributed by atoms with Crippen molar-refractivity contribution in [3.05, 3.63) is 54.3 Å². The molecule has 0 spiro atoms. The summed E-state index contributed by atoms with van der Waals surface area (Å²) >= 11 is 0. The number of rotatable bonds is 4. The number of nitrogens with two attached hydrogens (primary N) is 1. The fraction of sp³-hybridized carbons (Fsp3) is 0.200. The number of benzene rings is 1. The maximum absolute atomic E-state index is 5.69. The van der Waals surface area contributed by atoms with Gasteiger partial charge < -0.3 is 10.3 Å². The van der Waals surface area contributed by atoms with Crippen LogP contribution in [0.25, 0.3) is 11.5 Å². The van der Waals surface area contributed by atoms with Gasteiger partial charge in [-0.3, -0.25) is 4.98 Å². The van der Waals surface area contributed by atoms with Crippen LogP contribution in [0.4, 0.5) is 5.69 Å². The van der Waals surface area contributed by atoms with Crippen LogP contribution in [-0.4, -0.2) is 20.1 Å². The molecule has 6 nitrogen and oxygen atoms in total. The minimum absolute atomic E-state index is 0.265. The van der Waals surface area contributed by atoms with Gasteiger partial charge >= 0.3 is 0 Å². The van der Waals surface area contributed by atoms with Crippen LogP contribution in [0, 0.1) is 0 Å². The van der Waals surface area contributed by atoms with Crippen molar-refractivity contribution in [3.8, 4) is 11.5 Å². The molecule has 3 aromatic rings. The lowest BCUT2D eigenvalue weighted by molar-refractivity contribution is 0.372. The number of aromatic nitrogens is 4. The highest BCUT2D eigenvalue weighted by Crippen LogP contribution is 2.21. The molecule has 0 saturated carbocycles. The largest absolute Gasteiger partial charge is 0.399 e. The van der Waals surface area contributed by atoms with Gasteiger partial charge in [0.05, 0.1) is 6.20 Å². The highest BCUT2D eigenvalue weighted by Gasteiger charge is 2.14. The van der Waals surface area contributed by atoms with Crippen LogP contribution < -0.4 is 5.73 Å². The smallest absolute Gasteiger partial charge is 0.227 e. The van der Waals surface area contributed by atoms with E-state index in [0.717, 1.165) is 5.69 Å². The second-order valence-corrected chi connectivity index (χ2v) is 4.87. The molecular weight excluding hydrogens is 266 g/mol. The molecule has 1 aromatic carbocycles. The summed E-state index contributed by atoms with van der Waals surface area (Å²) in [6.45, 7) is 2.11. The predicted molar refractivity (Wildman–Crippen MR) is 78.3 cm³/mol. The molecule has 0 aliphatic rings. The van der Waals surface area contributed by atoms with E-state index in [0.29, 0.717) is 23.8 Å². The number of nitrogen functional groups attached to an aromatic ring is 1. The average molecular weight is 281 g/mol. The molecule has 0 saturated heterocycles. The van der Waals surface area contributed by atoms with Crippen LogP contribution in [0.15, 0.2) is 47.4 Å². The Morgan fingerprint density at radius 2 is 2.00 bits per heavy atom. The topological polar surface area (TPSA) is 90.7 Å². The van der Waals surface area contributed by atoms with E-state index in [1.807, 2.05) is 24.3 Å². The first kappa shape index (κ1) is 13.2. The first-order valence-electron chi connectivity index (χ1n) is 6.67. The van der Waals surface area contributed by atoms with E-state index in [1.54, 1.807) is 18.6 Å². The molecule has 2 N–H and O–H groups in total. The maximum atomic E-state index is 5.69. The molecule has 3 rings (SSSR count). The Kier molecular flexibility index (Phi) is 3.59. The van der Waals surface area contributed by atoms with Crippen molar-refractivity contribution in [2.45, 2.75) is 19.3 Å². The average Bonchev–Trinajstić information content (AvgIpc) is 2.97. The molecule has 21 heavy (non-hydrogen) atoms. The van der Waals surface area contributed by atoms with Gasteiger partial charge in [-0.05, 0) is 23.6 Å². The van der Waals surface area contributed by atoms with Crippen molar-refractivity contribution in [1.82, 2.24) is 20.1 Å². The summed E-state index contributed by atoms with van der Waals surface area (Å²) in [4.78, 5) is 12.5. The fourth-order valence-corrected chi connectivity index (χ4v) is 2.06. The summed E-state index contributed by atoms with van der Waals surface area (Å²) in [6, 6.07) is 7.81. The van der Waals surface area contributed by atoms with Crippen LogP contribution in [0.3, 0.4) is 0 Å². The lowest BCUT2D eigenvalue weighted by atomic mass is 9.98. The Hall–Kier alpha value is -2.76. The third kappa shape index (κ3) is 3.05. The summed E-state index contributed by atoms with van der Waals surface area (Å²) in [5.74, 6) is 1.31. The summed E-state index contributed by atoms with van der Waals surface area (Å²) in [7, 11) is 0. The third-order valence-corrected chi connectivity index (χ3v) is 3.25. The molecule has 0 amide bonds. The van der Waals surface area contributed by atoms with Gasteiger partial charge in [-0.2, -0.15) is 4.98 Å². The molecule has 2 aromatic heterocycles. The fourth-order valence-electron chi connectivity index (χ4n) is 2.06. The van der Waals surface area contributed by atoms with E-state index >= 15 is 0 Å². The molecule has 106 valence electrons. The van der Waals surface area contributed by atoms with Crippen molar-refractivity contribution >= 4 is 5.69 Å². The van der Waals surface area contributed by atoms with E-state index < -0.39 is 0 Å². The van der Waals surface area contributed by atoms with Gasteiger partial charge in [0, 0.05) is 24.5 Å². The van der Waals surface area contributed by atoms with Gasteiger partial charge in [0.25, 0.3) is 0 Å². The van der Waals surface area contributed by atoms with Gasteiger partial charge in [0.2, 0.25) is 11.7 Å². The van der Waals surface area contributed by atoms with Gasteiger partial charge in [0.1, 0.15) is 5.69 Å². The van der Waals surface area contributed by atoms with Crippen molar-refractivity contribution in [2.24, 2.45) is 0 Å². The summed E-state index contributed by atoms with van der Waals surface area (Å²) in [5.41, 5.74) is 8.24. The second kappa shape index (κ2) is 5.70. The molecule has 0 bridgehead atoms. The number of nitrogens with zero attached hydrogens (tertiary/aromatic N) is 4. The van der Waals surface area contributed by atoms with E-state index in [-0.39, 0.29) is 5.92 Å². The first-order chi connectivity index (χ1) is 10.2. The minimum Gasteiger partial charge on any atom is -0.399 e. The van der Waals surface area contributed by atoms with E-state index in [2.05, 4.69) is 27.0 Å². The van der Waals surface area contributed by atoms with Gasteiger partial charge in [-0.15, -0.1) is 0 Å². The van der Waals surface area contributed by atoms with Crippen LogP contribution in [-0.2, 0) is 6.42 Å². The lowest BCUT2D eigenvalue weighted by Gasteiger charge is -2.08. The first-order valence-corrected chi connectivity index (χ1v) is 6.67. The standard InChI is InChI=1S/C15H15N5O/c1-10(11-2-4-12(16)5-3-11)8-14-19-15(20-21-14)13-9-17-6-7-18-13/h2-7,9-10H,8,16H2,1H3. The molecule has 1 atom stereocenters. The van der Waals surface area contributed by atoms with Gasteiger partial charge in [-0.1, -0.05) is 24.2 Å². The minimum atomic E-state index is 0.265. The van der Waals surface area contributed by atoms with Crippen LogP contribution in [0.2, 0.25) is 0 Å².